The molecule has 10 aromatic rings. The van der Waals surface area contributed by atoms with Gasteiger partial charge in [-0.3, -0.25) is 0 Å². The summed E-state index contributed by atoms with van der Waals surface area (Å²) in [5.74, 6) is 2.89. The number of hydrogen-bond donors (Lipinski definition) is 0. The Hall–Kier alpha value is -6.42. The minimum atomic E-state index is 0.716. The molecule has 1 aromatic heterocycles. The molecule has 0 amide bonds. The van der Waals surface area contributed by atoms with Gasteiger partial charge in [0.1, 0.15) is 0 Å². The third-order valence-electron chi connectivity index (χ3n) is 10.3. The Morgan fingerprint density at radius 3 is 1.61 bits per heavy atom. The monoisotopic (exact) mass is 668 g/mol. The smallest absolute Gasteiger partial charge is 0.177 e. The first kappa shape index (κ1) is 28.4. The van der Waals surface area contributed by atoms with Crippen molar-refractivity contribution in [1.29, 1.82) is 0 Å². The van der Waals surface area contributed by atoms with Gasteiger partial charge in [0, 0.05) is 25.7 Å². The number of thiophene rings is 1. The molecule has 238 valence electrons. The van der Waals surface area contributed by atoms with Crippen LogP contribution in [-0.2, 0) is 0 Å². The molecular weight excluding hydrogens is 641 g/mol. The maximum Gasteiger partial charge on any atom is 0.177 e. The molecule has 0 spiro atoms. The van der Waals surface area contributed by atoms with Gasteiger partial charge in [0.2, 0.25) is 0 Å². The van der Waals surface area contributed by atoms with Crippen molar-refractivity contribution < 1.29 is 9.47 Å². The molecule has 3 heteroatoms. The minimum Gasteiger partial charge on any atom is -0.449 e. The molecule has 0 unspecified atom stereocenters. The molecule has 2 heterocycles. The van der Waals surface area contributed by atoms with Gasteiger partial charge < -0.3 is 9.47 Å². The van der Waals surface area contributed by atoms with Crippen LogP contribution in [0.3, 0.4) is 0 Å². The summed E-state index contributed by atoms with van der Waals surface area (Å²) in [5, 5.41) is 10.2. The van der Waals surface area contributed by atoms with E-state index in [4.69, 9.17) is 9.47 Å². The molecule has 9 aromatic carbocycles. The summed E-state index contributed by atoms with van der Waals surface area (Å²) in [7, 11) is 0. The lowest BCUT2D eigenvalue weighted by Crippen LogP contribution is -2.00. The highest BCUT2D eigenvalue weighted by Gasteiger charge is 2.23. The second-order valence-corrected chi connectivity index (χ2v) is 14.3. The van der Waals surface area contributed by atoms with Crippen molar-refractivity contribution in [1.82, 2.24) is 0 Å². The summed E-state index contributed by atoms with van der Waals surface area (Å²) < 4.78 is 15.5. The van der Waals surface area contributed by atoms with E-state index in [0.29, 0.717) is 5.75 Å². The van der Waals surface area contributed by atoms with Gasteiger partial charge in [0.25, 0.3) is 0 Å². The topological polar surface area (TPSA) is 18.5 Å². The fourth-order valence-corrected chi connectivity index (χ4v) is 9.18. The maximum atomic E-state index is 6.59. The highest BCUT2D eigenvalue weighted by molar-refractivity contribution is 7.26. The summed E-state index contributed by atoms with van der Waals surface area (Å²) in [6.45, 7) is 0. The lowest BCUT2D eigenvalue weighted by Gasteiger charge is -2.23. The molecule has 0 saturated carbocycles. The van der Waals surface area contributed by atoms with Crippen molar-refractivity contribution in [2.45, 2.75) is 0 Å². The van der Waals surface area contributed by atoms with Crippen molar-refractivity contribution in [3.05, 3.63) is 170 Å². The molecule has 2 nitrogen and oxygen atoms in total. The van der Waals surface area contributed by atoms with Gasteiger partial charge >= 0.3 is 0 Å². The van der Waals surface area contributed by atoms with Crippen LogP contribution in [0, 0.1) is 0 Å². The predicted octanol–water partition coefficient (Wildman–Crippen LogP) is 14.4. The highest BCUT2D eigenvalue weighted by Crippen LogP contribution is 2.51. The summed E-state index contributed by atoms with van der Waals surface area (Å²) in [6.07, 6.45) is 0. The Morgan fingerprint density at radius 1 is 0.314 bits per heavy atom. The van der Waals surface area contributed by atoms with Crippen molar-refractivity contribution in [3.8, 4) is 56.4 Å². The van der Waals surface area contributed by atoms with E-state index in [-0.39, 0.29) is 0 Å². The zero-order valence-corrected chi connectivity index (χ0v) is 28.2. The lowest BCUT2D eigenvalue weighted by atomic mass is 9.89. The van der Waals surface area contributed by atoms with Gasteiger partial charge in [-0.1, -0.05) is 121 Å². The number of para-hydroxylation sites is 3. The molecule has 0 saturated heterocycles. The maximum absolute atomic E-state index is 6.59. The first-order chi connectivity index (χ1) is 25.3. The van der Waals surface area contributed by atoms with Crippen molar-refractivity contribution in [3.63, 3.8) is 0 Å². The molecule has 11 rings (SSSR count). The fourth-order valence-electron chi connectivity index (χ4n) is 7.94. The molecule has 0 bridgehead atoms. The third-order valence-corrected chi connectivity index (χ3v) is 11.5. The van der Waals surface area contributed by atoms with E-state index in [1.54, 1.807) is 0 Å². The zero-order chi connectivity index (χ0) is 33.5. The van der Waals surface area contributed by atoms with E-state index in [9.17, 15) is 0 Å². The van der Waals surface area contributed by atoms with Gasteiger partial charge in [0.15, 0.2) is 23.0 Å². The number of benzene rings is 9. The lowest BCUT2D eigenvalue weighted by molar-refractivity contribution is 0.361. The van der Waals surface area contributed by atoms with E-state index in [1.165, 1.54) is 63.6 Å². The molecule has 0 aliphatic carbocycles. The molecule has 0 atom stereocenters. The van der Waals surface area contributed by atoms with Gasteiger partial charge in [-0.05, 0) is 109 Å². The fraction of sp³-hybridized carbons (Fsp3) is 0. The number of hydrogen-bond acceptors (Lipinski definition) is 3. The van der Waals surface area contributed by atoms with Crippen LogP contribution in [0.1, 0.15) is 0 Å². The molecule has 1 aliphatic heterocycles. The van der Waals surface area contributed by atoms with Gasteiger partial charge in [-0.2, -0.15) is 0 Å². The second kappa shape index (κ2) is 11.0. The quantitative estimate of drug-likeness (QED) is 0.174. The minimum absolute atomic E-state index is 0.716. The molecule has 0 fully saturated rings. The Bertz CT molecular complexity index is 3010. The highest BCUT2D eigenvalue weighted by atomic mass is 32.1. The van der Waals surface area contributed by atoms with E-state index in [1.807, 2.05) is 41.7 Å². The summed E-state index contributed by atoms with van der Waals surface area (Å²) >= 11 is 1.86. The Morgan fingerprint density at radius 2 is 0.843 bits per heavy atom. The first-order valence-electron chi connectivity index (χ1n) is 17.2. The molecule has 0 radical (unpaired) electrons. The Balaban J connectivity index is 1.18. The first-order valence-corrected chi connectivity index (χ1v) is 18.1. The Kier molecular flexibility index (Phi) is 6.16. The van der Waals surface area contributed by atoms with Crippen molar-refractivity contribution in [2.24, 2.45) is 0 Å². The average Bonchev–Trinajstić information content (AvgIpc) is 3.58. The van der Waals surface area contributed by atoms with Crippen LogP contribution < -0.4 is 9.47 Å². The summed E-state index contributed by atoms with van der Waals surface area (Å²) in [5.41, 5.74) is 6.77. The van der Waals surface area contributed by atoms with Crippen molar-refractivity contribution in [2.75, 3.05) is 0 Å². The standard InChI is InChI=1S/C48H28O2S/c1-2-13-37-35(11-1)36-12-3-4-14-38(36)42-28-29(23-24-39(37)42)30-25-31(33-16-10-21-45-47(33)50-44-20-7-6-19-43(44)49-45)27-32(26-30)34-17-9-18-41-40-15-5-8-22-46(40)51-48(34)41/h1-28H. The van der Waals surface area contributed by atoms with E-state index in [0.717, 1.165) is 39.5 Å². The van der Waals surface area contributed by atoms with Crippen LogP contribution in [0.4, 0.5) is 0 Å². The summed E-state index contributed by atoms with van der Waals surface area (Å²) in [4.78, 5) is 0. The van der Waals surface area contributed by atoms with E-state index >= 15 is 0 Å². The van der Waals surface area contributed by atoms with Gasteiger partial charge in [0.05, 0.1) is 0 Å². The van der Waals surface area contributed by atoms with Gasteiger partial charge in [-0.25, -0.2) is 0 Å². The number of ether oxygens (including phenoxy) is 2. The van der Waals surface area contributed by atoms with Crippen LogP contribution >= 0.6 is 11.3 Å². The van der Waals surface area contributed by atoms with E-state index < -0.39 is 0 Å². The second-order valence-electron chi connectivity index (χ2n) is 13.2. The van der Waals surface area contributed by atoms with Crippen LogP contribution in [0.25, 0.3) is 85.9 Å². The molecular formula is C48H28O2S. The third kappa shape index (κ3) is 4.42. The zero-order valence-electron chi connectivity index (χ0n) is 27.4. The normalized spacial score (nSPS) is 12.2. The van der Waals surface area contributed by atoms with Crippen LogP contribution in [0.5, 0.6) is 23.0 Å². The van der Waals surface area contributed by atoms with Crippen LogP contribution in [-0.4, -0.2) is 0 Å². The van der Waals surface area contributed by atoms with E-state index in [2.05, 4.69) is 140 Å². The van der Waals surface area contributed by atoms with Crippen LogP contribution in [0.15, 0.2) is 170 Å². The van der Waals surface area contributed by atoms with Crippen LogP contribution in [0.2, 0.25) is 0 Å². The average molecular weight is 669 g/mol. The summed E-state index contributed by atoms with van der Waals surface area (Å²) in [6, 6.07) is 60.9. The van der Waals surface area contributed by atoms with Gasteiger partial charge in [-0.15, -0.1) is 11.3 Å². The molecule has 0 N–H and O–H groups in total. The largest absolute Gasteiger partial charge is 0.449 e. The Labute approximate surface area is 298 Å². The SMILES string of the molecule is c1ccc2c(c1)Oc1cccc(-c3cc(-c4ccc5c6ccccc6c6ccccc6c5c4)cc(-c4cccc5c4sc4ccccc45)c3)c1O2. The number of fused-ring (bicyclic) bond motifs is 11. The molecule has 1 aliphatic rings. The molecule has 51 heavy (non-hydrogen) atoms. The number of rotatable bonds is 3. The predicted molar refractivity (Wildman–Crippen MR) is 215 cm³/mol. The van der Waals surface area contributed by atoms with Crippen molar-refractivity contribution >= 4 is 63.8 Å².